The van der Waals surface area contributed by atoms with Crippen LogP contribution in [0.25, 0.3) is 0 Å². The molecule has 4 nitrogen and oxygen atoms in total. The van der Waals surface area contributed by atoms with E-state index in [0.29, 0.717) is 18.3 Å². The molecule has 0 aliphatic heterocycles. The van der Waals surface area contributed by atoms with Crippen molar-refractivity contribution in [2.45, 2.75) is 83.3 Å². The lowest BCUT2D eigenvalue weighted by molar-refractivity contribution is -0.118. The summed E-state index contributed by atoms with van der Waals surface area (Å²) in [6.07, 6.45) is 14.9. The molecule has 1 amide bonds. The lowest BCUT2D eigenvalue weighted by Gasteiger charge is -2.17. The molecular weight excluding hydrogens is 314 g/mol. The molecule has 0 spiro atoms. The van der Waals surface area contributed by atoms with Gasteiger partial charge in [0.15, 0.2) is 0 Å². The number of hydrogen-bond donors (Lipinski definition) is 3. The quantitative estimate of drug-likeness (QED) is 0.417. The maximum absolute atomic E-state index is 10.8. The van der Waals surface area contributed by atoms with Crippen LogP contribution in [0, 0.1) is 17.8 Å². The minimum atomic E-state index is -0.386. The molecule has 0 aromatic rings. The molecule has 2 rings (SSSR count). The fourth-order valence-corrected chi connectivity index (χ4v) is 4.48. The van der Waals surface area contributed by atoms with Crippen molar-refractivity contribution in [3.05, 3.63) is 23.8 Å². The average Bonchev–Trinajstić information content (AvgIpc) is 3.06. The standard InChI is InChI=1S/C21H35NO3/c1-2-3-4-8-17(23)10-11-18-19-13-15(7-5-6-9-21(22)25)12-16(19)14-20(18)24/h7,10-11,16-20,23-24H,2-6,8-9,12-14H2,1H3,(H2,22,25)/b11-10+,15-7+/t16-,17-,18+,19-,20+/m0/s1. The summed E-state index contributed by atoms with van der Waals surface area (Å²) in [6.45, 7) is 2.16. The molecule has 0 saturated heterocycles. The number of carbonyl (C=O) groups is 1. The van der Waals surface area contributed by atoms with Gasteiger partial charge < -0.3 is 15.9 Å². The Labute approximate surface area is 152 Å². The Bertz CT molecular complexity index is 486. The highest BCUT2D eigenvalue weighted by molar-refractivity contribution is 5.73. The first kappa shape index (κ1) is 20.2. The molecule has 4 N–H and O–H groups in total. The van der Waals surface area contributed by atoms with Gasteiger partial charge in [-0.25, -0.2) is 0 Å². The van der Waals surface area contributed by atoms with E-state index < -0.39 is 0 Å². The van der Waals surface area contributed by atoms with Crippen LogP contribution in [0.15, 0.2) is 23.8 Å². The van der Waals surface area contributed by atoms with Crippen molar-refractivity contribution < 1.29 is 15.0 Å². The molecule has 0 bridgehead atoms. The predicted octanol–water partition coefficient (Wildman–Crippen LogP) is 3.47. The summed E-state index contributed by atoms with van der Waals surface area (Å²) < 4.78 is 0. The van der Waals surface area contributed by atoms with Crippen LogP contribution in [-0.2, 0) is 4.79 Å². The lowest BCUT2D eigenvalue weighted by atomic mass is 9.90. The van der Waals surface area contributed by atoms with E-state index in [-0.39, 0.29) is 24.0 Å². The zero-order valence-corrected chi connectivity index (χ0v) is 15.6. The average molecular weight is 350 g/mol. The zero-order valence-electron chi connectivity index (χ0n) is 15.6. The summed E-state index contributed by atoms with van der Waals surface area (Å²) in [7, 11) is 0. The van der Waals surface area contributed by atoms with Gasteiger partial charge in [0.1, 0.15) is 0 Å². The first-order valence-corrected chi connectivity index (χ1v) is 10.0. The van der Waals surface area contributed by atoms with E-state index in [4.69, 9.17) is 5.73 Å². The number of amides is 1. The van der Waals surface area contributed by atoms with E-state index >= 15 is 0 Å². The summed E-state index contributed by atoms with van der Waals surface area (Å²) in [5, 5.41) is 20.5. The number of rotatable bonds is 10. The second kappa shape index (κ2) is 10.1. The number of fused-ring (bicyclic) bond motifs is 1. The number of aliphatic hydroxyl groups excluding tert-OH is 2. The molecule has 0 aromatic carbocycles. The Morgan fingerprint density at radius 3 is 2.84 bits per heavy atom. The third-order valence-electron chi connectivity index (χ3n) is 5.83. The van der Waals surface area contributed by atoms with Gasteiger partial charge in [-0.15, -0.1) is 0 Å². The van der Waals surface area contributed by atoms with Gasteiger partial charge in [-0.05, 0) is 50.4 Å². The predicted molar refractivity (Wildman–Crippen MR) is 101 cm³/mol. The van der Waals surface area contributed by atoms with Crippen LogP contribution in [0.1, 0.15) is 71.1 Å². The number of nitrogens with two attached hydrogens (primary N) is 1. The van der Waals surface area contributed by atoms with Crippen LogP contribution in [0.3, 0.4) is 0 Å². The molecule has 2 aliphatic carbocycles. The molecule has 2 fully saturated rings. The Morgan fingerprint density at radius 1 is 1.32 bits per heavy atom. The molecular formula is C21H35NO3. The first-order chi connectivity index (χ1) is 12.0. The van der Waals surface area contributed by atoms with E-state index in [1.807, 2.05) is 6.08 Å². The van der Waals surface area contributed by atoms with Crippen molar-refractivity contribution in [2.24, 2.45) is 23.5 Å². The van der Waals surface area contributed by atoms with Gasteiger partial charge in [0.05, 0.1) is 12.2 Å². The molecule has 0 radical (unpaired) electrons. The molecule has 25 heavy (non-hydrogen) atoms. The molecule has 2 saturated carbocycles. The van der Waals surface area contributed by atoms with Crippen LogP contribution in [0.5, 0.6) is 0 Å². The van der Waals surface area contributed by atoms with Crippen molar-refractivity contribution >= 4 is 5.91 Å². The van der Waals surface area contributed by atoms with Crippen molar-refractivity contribution in [3.63, 3.8) is 0 Å². The van der Waals surface area contributed by atoms with Crippen LogP contribution >= 0.6 is 0 Å². The van der Waals surface area contributed by atoms with E-state index in [1.165, 1.54) is 5.57 Å². The van der Waals surface area contributed by atoms with Gasteiger partial charge in [0.25, 0.3) is 0 Å². The molecule has 0 heterocycles. The smallest absolute Gasteiger partial charge is 0.217 e. The summed E-state index contributed by atoms with van der Waals surface area (Å²) in [5.74, 6) is 0.996. The Morgan fingerprint density at radius 2 is 2.12 bits per heavy atom. The lowest BCUT2D eigenvalue weighted by Crippen LogP contribution is -2.17. The number of primary amides is 1. The molecule has 2 aliphatic rings. The van der Waals surface area contributed by atoms with Gasteiger partial charge in [0.2, 0.25) is 5.91 Å². The molecule has 4 heteroatoms. The number of hydrogen-bond acceptors (Lipinski definition) is 3. The monoisotopic (exact) mass is 349 g/mol. The molecule has 142 valence electrons. The topological polar surface area (TPSA) is 83.5 Å². The maximum atomic E-state index is 10.8. The van der Waals surface area contributed by atoms with E-state index in [0.717, 1.165) is 57.8 Å². The second-order valence-corrected chi connectivity index (χ2v) is 7.88. The molecule has 0 aromatic heterocycles. The van der Waals surface area contributed by atoms with Crippen molar-refractivity contribution in [1.82, 2.24) is 0 Å². The van der Waals surface area contributed by atoms with Crippen molar-refractivity contribution in [2.75, 3.05) is 0 Å². The summed E-state index contributed by atoms with van der Waals surface area (Å²) in [4.78, 5) is 10.8. The fraction of sp³-hybridized carbons (Fsp3) is 0.762. The van der Waals surface area contributed by atoms with Gasteiger partial charge >= 0.3 is 0 Å². The number of allylic oxidation sites excluding steroid dienone is 2. The van der Waals surface area contributed by atoms with Crippen LogP contribution < -0.4 is 5.73 Å². The normalized spacial score (nSPS) is 31.7. The van der Waals surface area contributed by atoms with Crippen LogP contribution in [0.2, 0.25) is 0 Å². The van der Waals surface area contributed by atoms with E-state index in [9.17, 15) is 15.0 Å². The first-order valence-electron chi connectivity index (χ1n) is 10.0. The van der Waals surface area contributed by atoms with Crippen molar-refractivity contribution in [1.29, 1.82) is 0 Å². The molecule has 5 atom stereocenters. The zero-order chi connectivity index (χ0) is 18.2. The van der Waals surface area contributed by atoms with Crippen LogP contribution in [-0.4, -0.2) is 28.3 Å². The highest BCUT2D eigenvalue weighted by Gasteiger charge is 2.44. The van der Waals surface area contributed by atoms with Gasteiger partial charge in [0, 0.05) is 12.3 Å². The minimum absolute atomic E-state index is 0.169. The Hall–Kier alpha value is -1.13. The summed E-state index contributed by atoms with van der Waals surface area (Å²) >= 11 is 0. The number of unbranched alkanes of at least 4 members (excludes halogenated alkanes) is 3. The third kappa shape index (κ3) is 6.27. The molecule has 0 unspecified atom stereocenters. The summed E-state index contributed by atoms with van der Waals surface area (Å²) in [5.41, 5.74) is 6.64. The highest BCUT2D eigenvalue weighted by Crippen LogP contribution is 2.50. The van der Waals surface area contributed by atoms with Crippen LogP contribution in [0.4, 0.5) is 0 Å². The van der Waals surface area contributed by atoms with Crippen molar-refractivity contribution in [3.8, 4) is 0 Å². The van der Waals surface area contributed by atoms with E-state index in [1.54, 1.807) is 0 Å². The summed E-state index contributed by atoms with van der Waals surface area (Å²) in [6, 6.07) is 0. The third-order valence-corrected chi connectivity index (χ3v) is 5.83. The fourth-order valence-electron chi connectivity index (χ4n) is 4.48. The largest absolute Gasteiger partial charge is 0.392 e. The Kier molecular flexibility index (Phi) is 8.17. The minimum Gasteiger partial charge on any atom is -0.392 e. The number of carbonyl (C=O) groups excluding carboxylic acids is 1. The van der Waals surface area contributed by atoms with Gasteiger partial charge in [-0.3, -0.25) is 4.79 Å². The SMILES string of the molecule is CCCCC[C@H](O)/C=C/[C@@H]1[C@H]2C/C(=C/CCCC(N)=O)C[C@H]2C[C@H]1O. The second-order valence-electron chi connectivity index (χ2n) is 7.88. The van der Waals surface area contributed by atoms with Gasteiger partial charge in [-0.2, -0.15) is 0 Å². The highest BCUT2D eigenvalue weighted by atomic mass is 16.3. The van der Waals surface area contributed by atoms with E-state index in [2.05, 4.69) is 19.1 Å². The number of aliphatic hydroxyl groups is 2. The van der Waals surface area contributed by atoms with Gasteiger partial charge in [-0.1, -0.05) is 50.0 Å². The maximum Gasteiger partial charge on any atom is 0.217 e. The Balaban J connectivity index is 1.83.